The van der Waals surface area contributed by atoms with Crippen molar-refractivity contribution in [1.82, 2.24) is 4.90 Å². The Balaban J connectivity index is 1.67. The maximum Gasteiger partial charge on any atom is 0.260 e. The van der Waals surface area contributed by atoms with E-state index in [0.717, 1.165) is 16.7 Å². The average molecular weight is 374 g/mol. The van der Waals surface area contributed by atoms with E-state index in [-0.39, 0.29) is 17.4 Å². The number of amides is 1. The smallest absolute Gasteiger partial charge is 0.260 e. The van der Waals surface area contributed by atoms with Crippen LogP contribution in [0.25, 0.3) is 0 Å². The number of hydrogen-bond donors (Lipinski definition) is 1. The number of fused-ring (bicyclic) bond motifs is 1. The molecule has 0 saturated heterocycles. The topological polar surface area (TPSA) is 89.7 Å². The molecule has 0 bridgehead atoms. The molecule has 6 nitrogen and oxygen atoms in total. The van der Waals surface area contributed by atoms with E-state index >= 15 is 0 Å². The summed E-state index contributed by atoms with van der Waals surface area (Å²) in [6.07, 6.45) is 0.676. The summed E-state index contributed by atoms with van der Waals surface area (Å²) in [5, 5.41) is 5.19. The van der Waals surface area contributed by atoms with Crippen molar-refractivity contribution < 1.29 is 17.9 Å². The van der Waals surface area contributed by atoms with Crippen molar-refractivity contribution in [3.05, 3.63) is 58.7 Å². The van der Waals surface area contributed by atoms with Crippen LogP contribution in [0.4, 0.5) is 0 Å². The lowest BCUT2D eigenvalue weighted by Crippen LogP contribution is -2.39. The first-order valence-corrected chi connectivity index (χ1v) is 9.91. The van der Waals surface area contributed by atoms with E-state index < -0.39 is 10.0 Å². The molecule has 1 heterocycles. The summed E-state index contributed by atoms with van der Waals surface area (Å²) in [5.74, 6) is 0.533. The van der Waals surface area contributed by atoms with E-state index in [0.29, 0.717) is 25.3 Å². The van der Waals surface area contributed by atoms with Gasteiger partial charge in [-0.2, -0.15) is 0 Å². The predicted octanol–water partition coefficient (Wildman–Crippen LogP) is 1.91. The van der Waals surface area contributed by atoms with Crippen LogP contribution in [0.5, 0.6) is 5.75 Å². The lowest BCUT2D eigenvalue weighted by Gasteiger charge is -2.29. The second kappa shape index (κ2) is 7.09. The summed E-state index contributed by atoms with van der Waals surface area (Å²) in [4.78, 5) is 14.2. The van der Waals surface area contributed by atoms with Crippen LogP contribution in [0.2, 0.25) is 0 Å². The minimum atomic E-state index is -3.76. The Labute approximate surface area is 153 Å². The molecule has 7 heteroatoms. The lowest BCUT2D eigenvalue weighted by molar-refractivity contribution is -0.134. The van der Waals surface area contributed by atoms with Gasteiger partial charge in [-0.05, 0) is 66.8 Å². The number of nitrogens with two attached hydrogens (primary N) is 1. The third kappa shape index (κ3) is 4.05. The SMILES string of the molecule is Cc1ccc(OCC(=O)N2CCc3ccc(S(N)(=O)=O)cc3C2)cc1C. The summed E-state index contributed by atoms with van der Waals surface area (Å²) in [7, 11) is -3.76. The quantitative estimate of drug-likeness (QED) is 0.885. The zero-order chi connectivity index (χ0) is 18.9. The van der Waals surface area contributed by atoms with Crippen LogP contribution in [0.3, 0.4) is 0 Å². The fourth-order valence-corrected chi connectivity index (χ4v) is 3.53. The highest BCUT2D eigenvalue weighted by Gasteiger charge is 2.22. The van der Waals surface area contributed by atoms with Gasteiger partial charge in [-0.3, -0.25) is 4.79 Å². The molecular formula is C19H22N2O4S. The second-order valence-electron chi connectivity index (χ2n) is 6.58. The molecule has 3 rings (SSSR count). The predicted molar refractivity (Wildman–Crippen MR) is 98.3 cm³/mol. The fourth-order valence-electron chi connectivity index (χ4n) is 2.96. The molecule has 0 unspecified atom stereocenters. The van der Waals surface area contributed by atoms with Gasteiger partial charge >= 0.3 is 0 Å². The van der Waals surface area contributed by atoms with Crippen LogP contribution in [-0.2, 0) is 27.8 Å². The molecule has 0 atom stereocenters. The van der Waals surface area contributed by atoms with E-state index in [2.05, 4.69) is 0 Å². The van der Waals surface area contributed by atoms with Gasteiger partial charge in [0.2, 0.25) is 10.0 Å². The van der Waals surface area contributed by atoms with Gasteiger partial charge in [0, 0.05) is 13.1 Å². The number of ether oxygens (including phenoxy) is 1. The molecule has 0 saturated carbocycles. The van der Waals surface area contributed by atoms with Crippen LogP contribution < -0.4 is 9.88 Å². The van der Waals surface area contributed by atoms with E-state index in [4.69, 9.17) is 9.88 Å². The Kier molecular flexibility index (Phi) is 5.02. The highest BCUT2D eigenvalue weighted by molar-refractivity contribution is 7.89. The number of rotatable bonds is 4. The molecule has 1 amide bonds. The Morgan fingerprint density at radius 3 is 2.58 bits per heavy atom. The second-order valence-corrected chi connectivity index (χ2v) is 8.14. The Bertz CT molecular complexity index is 954. The van der Waals surface area contributed by atoms with Gasteiger partial charge in [0.05, 0.1) is 4.90 Å². The normalized spacial score (nSPS) is 14.0. The van der Waals surface area contributed by atoms with Gasteiger partial charge in [-0.15, -0.1) is 0 Å². The van der Waals surface area contributed by atoms with Crippen molar-refractivity contribution in [2.24, 2.45) is 5.14 Å². The molecular weight excluding hydrogens is 352 g/mol. The molecule has 2 aromatic rings. The van der Waals surface area contributed by atoms with Crippen molar-refractivity contribution in [3.8, 4) is 5.75 Å². The number of primary sulfonamides is 1. The largest absolute Gasteiger partial charge is 0.484 e. The summed E-state index contributed by atoms with van der Waals surface area (Å²) in [5.41, 5.74) is 4.12. The molecule has 0 fully saturated rings. The average Bonchev–Trinajstić information content (AvgIpc) is 2.60. The summed E-state index contributed by atoms with van der Waals surface area (Å²) in [6, 6.07) is 10.5. The third-order valence-corrected chi connectivity index (χ3v) is 5.62. The van der Waals surface area contributed by atoms with Gasteiger partial charge in [0.15, 0.2) is 6.61 Å². The van der Waals surface area contributed by atoms with Crippen molar-refractivity contribution in [2.45, 2.75) is 31.7 Å². The van der Waals surface area contributed by atoms with Gasteiger partial charge in [0.25, 0.3) is 5.91 Å². The van der Waals surface area contributed by atoms with Gasteiger partial charge in [0.1, 0.15) is 5.75 Å². The first kappa shape index (κ1) is 18.4. The van der Waals surface area contributed by atoms with Gasteiger partial charge in [-0.1, -0.05) is 12.1 Å². The number of carbonyl (C=O) groups is 1. The first-order valence-electron chi connectivity index (χ1n) is 8.36. The number of benzene rings is 2. The zero-order valence-electron chi connectivity index (χ0n) is 14.9. The first-order chi connectivity index (χ1) is 12.2. The van der Waals surface area contributed by atoms with Gasteiger partial charge in [-0.25, -0.2) is 13.6 Å². The molecule has 26 heavy (non-hydrogen) atoms. The molecule has 138 valence electrons. The molecule has 0 aromatic heterocycles. The molecule has 2 aromatic carbocycles. The molecule has 0 radical (unpaired) electrons. The molecule has 2 N–H and O–H groups in total. The fraction of sp³-hybridized carbons (Fsp3) is 0.316. The molecule has 0 spiro atoms. The highest BCUT2D eigenvalue weighted by atomic mass is 32.2. The molecule has 0 aliphatic carbocycles. The summed E-state index contributed by atoms with van der Waals surface area (Å²) < 4.78 is 28.7. The van der Waals surface area contributed by atoms with E-state index in [1.807, 2.05) is 32.0 Å². The van der Waals surface area contributed by atoms with Crippen LogP contribution in [0.15, 0.2) is 41.3 Å². The van der Waals surface area contributed by atoms with E-state index in [9.17, 15) is 13.2 Å². The van der Waals surface area contributed by atoms with Crippen LogP contribution >= 0.6 is 0 Å². The number of nitrogens with zero attached hydrogens (tertiary/aromatic N) is 1. The lowest BCUT2D eigenvalue weighted by atomic mass is 10.00. The Morgan fingerprint density at radius 1 is 1.12 bits per heavy atom. The molecule has 1 aliphatic heterocycles. The van der Waals surface area contributed by atoms with Crippen LogP contribution in [0.1, 0.15) is 22.3 Å². The van der Waals surface area contributed by atoms with E-state index in [1.54, 1.807) is 17.0 Å². The number of sulfonamides is 1. The number of aryl methyl sites for hydroxylation is 2. The number of carbonyl (C=O) groups excluding carboxylic acids is 1. The van der Waals surface area contributed by atoms with Crippen molar-refractivity contribution in [1.29, 1.82) is 0 Å². The minimum absolute atomic E-state index is 0.0489. The summed E-state index contributed by atoms with van der Waals surface area (Å²) in [6.45, 7) is 4.90. The van der Waals surface area contributed by atoms with Crippen LogP contribution in [-0.4, -0.2) is 32.4 Å². The van der Waals surface area contributed by atoms with E-state index in [1.165, 1.54) is 11.6 Å². The van der Waals surface area contributed by atoms with Crippen molar-refractivity contribution in [2.75, 3.05) is 13.2 Å². The highest BCUT2D eigenvalue weighted by Crippen LogP contribution is 2.22. The molecule has 1 aliphatic rings. The standard InChI is InChI=1S/C19H22N2O4S/c1-13-3-5-17(9-14(13)2)25-12-19(22)21-8-7-15-4-6-18(26(20,23)24)10-16(15)11-21/h3-6,9-10H,7-8,11-12H2,1-2H3,(H2,20,23,24). The van der Waals surface area contributed by atoms with Crippen molar-refractivity contribution in [3.63, 3.8) is 0 Å². The van der Waals surface area contributed by atoms with Crippen LogP contribution in [0, 0.1) is 13.8 Å². The third-order valence-electron chi connectivity index (χ3n) is 4.71. The maximum absolute atomic E-state index is 12.5. The summed E-state index contributed by atoms with van der Waals surface area (Å²) >= 11 is 0. The monoisotopic (exact) mass is 374 g/mol. The Morgan fingerprint density at radius 2 is 1.88 bits per heavy atom. The zero-order valence-corrected chi connectivity index (χ0v) is 15.7. The Hall–Kier alpha value is -2.38. The van der Waals surface area contributed by atoms with Crippen molar-refractivity contribution >= 4 is 15.9 Å². The minimum Gasteiger partial charge on any atom is -0.484 e. The number of hydrogen-bond acceptors (Lipinski definition) is 4. The maximum atomic E-state index is 12.5. The van der Waals surface area contributed by atoms with Gasteiger partial charge < -0.3 is 9.64 Å².